The lowest BCUT2D eigenvalue weighted by Gasteiger charge is -2.24. The second-order valence-corrected chi connectivity index (χ2v) is 7.30. The number of β-amino-alcohol motifs (C(OH)–C–C–N with tert-alkyl or cyclic N) is 1. The van der Waals surface area contributed by atoms with Crippen LogP contribution in [0, 0.1) is 0 Å². The molecule has 1 fully saturated rings. The van der Waals surface area contributed by atoms with Crippen molar-refractivity contribution in [1.82, 2.24) is 14.9 Å². The van der Waals surface area contributed by atoms with Crippen molar-refractivity contribution in [2.75, 3.05) is 25.0 Å². The highest BCUT2D eigenvalue weighted by atomic mass is 32.1. The van der Waals surface area contributed by atoms with E-state index >= 15 is 0 Å². The quantitative estimate of drug-likeness (QED) is 0.748. The first-order chi connectivity index (χ1) is 11.7. The topological polar surface area (TPSA) is 61.3 Å². The van der Waals surface area contributed by atoms with E-state index in [2.05, 4.69) is 44.5 Å². The number of rotatable bonds is 5. The fourth-order valence-electron chi connectivity index (χ4n) is 3.22. The van der Waals surface area contributed by atoms with E-state index in [1.807, 2.05) is 17.5 Å². The summed E-state index contributed by atoms with van der Waals surface area (Å²) < 4.78 is 1.04. The van der Waals surface area contributed by atoms with E-state index in [4.69, 9.17) is 0 Å². The number of hydrogen-bond donors (Lipinski definition) is 2. The molecule has 24 heavy (non-hydrogen) atoms. The van der Waals surface area contributed by atoms with Crippen molar-refractivity contribution >= 4 is 27.4 Å². The summed E-state index contributed by atoms with van der Waals surface area (Å²) in [5, 5.41) is 16.2. The van der Waals surface area contributed by atoms with Gasteiger partial charge in [-0.25, -0.2) is 9.97 Å². The van der Waals surface area contributed by atoms with Gasteiger partial charge in [-0.1, -0.05) is 30.3 Å². The Balaban J connectivity index is 1.39. The largest absolute Gasteiger partial charge is 0.387 e. The van der Waals surface area contributed by atoms with Gasteiger partial charge in [0.2, 0.25) is 0 Å². The van der Waals surface area contributed by atoms with Gasteiger partial charge in [0.15, 0.2) is 0 Å². The molecule has 0 saturated carbocycles. The van der Waals surface area contributed by atoms with Crippen molar-refractivity contribution in [3.05, 3.63) is 53.7 Å². The molecule has 1 aliphatic heterocycles. The van der Waals surface area contributed by atoms with Crippen LogP contribution in [0.4, 0.5) is 5.82 Å². The molecular formula is C18H20N4OS. The van der Waals surface area contributed by atoms with Crippen molar-refractivity contribution in [3.8, 4) is 0 Å². The second kappa shape index (κ2) is 6.47. The highest BCUT2D eigenvalue weighted by Gasteiger charge is 2.35. The fraction of sp³-hybridized carbons (Fsp3) is 0.333. The van der Waals surface area contributed by atoms with Crippen molar-refractivity contribution in [1.29, 1.82) is 0 Å². The van der Waals surface area contributed by atoms with Gasteiger partial charge < -0.3 is 10.4 Å². The Labute approximate surface area is 145 Å². The molecule has 1 aromatic carbocycles. The fourth-order valence-corrected chi connectivity index (χ4v) is 4.04. The molecule has 3 aromatic rings. The van der Waals surface area contributed by atoms with Crippen LogP contribution in [0.25, 0.3) is 10.2 Å². The minimum Gasteiger partial charge on any atom is -0.387 e. The number of fused-ring (bicyclic) bond motifs is 1. The average Bonchev–Trinajstić information content (AvgIpc) is 3.21. The molecule has 1 atom stereocenters. The minimum absolute atomic E-state index is 0.502. The number of anilines is 1. The third kappa shape index (κ3) is 3.26. The van der Waals surface area contributed by atoms with E-state index in [-0.39, 0.29) is 0 Å². The Kier molecular flexibility index (Phi) is 4.18. The van der Waals surface area contributed by atoms with E-state index in [1.54, 1.807) is 17.7 Å². The third-order valence-electron chi connectivity index (χ3n) is 4.49. The monoisotopic (exact) mass is 340 g/mol. The molecule has 0 bridgehead atoms. The molecule has 3 heterocycles. The Morgan fingerprint density at radius 2 is 2.08 bits per heavy atom. The molecule has 2 N–H and O–H groups in total. The molecular weight excluding hydrogens is 320 g/mol. The lowest BCUT2D eigenvalue weighted by Crippen LogP contribution is -2.40. The van der Waals surface area contributed by atoms with Crippen molar-refractivity contribution in [2.24, 2.45) is 0 Å². The summed E-state index contributed by atoms with van der Waals surface area (Å²) in [6.45, 7) is 2.97. The number of benzene rings is 1. The zero-order valence-electron chi connectivity index (χ0n) is 13.4. The molecule has 0 radical (unpaired) electrons. The Morgan fingerprint density at radius 1 is 1.21 bits per heavy atom. The van der Waals surface area contributed by atoms with Crippen LogP contribution in [-0.2, 0) is 6.54 Å². The first-order valence-electron chi connectivity index (χ1n) is 8.13. The number of nitrogens with zero attached hydrogens (tertiary/aromatic N) is 3. The minimum atomic E-state index is -0.719. The summed E-state index contributed by atoms with van der Waals surface area (Å²) in [6.07, 6.45) is 2.34. The van der Waals surface area contributed by atoms with Gasteiger partial charge in [0, 0.05) is 26.2 Å². The molecule has 1 saturated heterocycles. The van der Waals surface area contributed by atoms with E-state index in [1.165, 1.54) is 5.56 Å². The van der Waals surface area contributed by atoms with E-state index in [9.17, 15) is 5.11 Å². The zero-order valence-corrected chi connectivity index (χ0v) is 14.2. The zero-order chi connectivity index (χ0) is 16.4. The van der Waals surface area contributed by atoms with E-state index in [0.717, 1.165) is 35.5 Å². The molecule has 1 aliphatic rings. The Morgan fingerprint density at radius 3 is 2.96 bits per heavy atom. The molecule has 0 aliphatic carbocycles. The maximum Gasteiger partial charge on any atom is 0.147 e. The van der Waals surface area contributed by atoms with E-state index in [0.29, 0.717) is 13.1 Å². The molecule has 5 nitrogen and oxygen atoms in total. The molecule has 1 unspecified atom stereocenters. The predicted molar refractivity (Wildman–Crippen MR) is 97.2 cm³/mol. The van der Waals surface area contributed by atoms with Crippen molar-refractivity contribution in [3.63, 3.8) is 0 Å². The molecule has 124 valence electrons. The van der Waals surface area contributed by atoms with Gasteiger partial charge in [0.25, 0.3) is 0 Å². The summed E-state index contributed by atoms with van der Waals surface area (Å²) >= 11 is 1.62. The molecule has 2 aromatic heterocycles. The maximum absolute atomic E-state index is 10.9. The van der Waals surface area contributed by atoms with Crippen molar-refractivity contribution < 1.29 is 5.11 Å². The van der Waals surface area contributed by atoms with Crippen LogP contribution in [-0.4, -0.2) is 45.2 Å². The summed E-state index contributed by atoms with van der Waals surface area (Å²) in [5.74, 6) is 0.810. The number of hydrogen-bond acceptors (Lipinski definition) is 6. The van der Waals surface area contributed by atoms with Gasteiger partial charge in [-0.05, 0) is 23.4 Å². The van der Waals surface area contributed by atoms with Gasteiger partial charge >= 0.3 is 0 Å². The lowest BCUT2D eigenvalue weighted by molar-refractivity contribution is 0.0615. The second-order valence-electron chi connectivity index (χ2n) is 6.38. The van der Waals surface area contributed by atoms with Crippen LogP contribution >= 0.6 is 11.3 Å². The summed E-state index contributed by atoms with van der Waals surface area (Å²) in [5.41, 5.74) is 1.51. The van der Waals surface area contributed by atoms with E-state index < -0.39 is 5.60 Å². The summed E-state index contributed by atoms with van der Waals surface area (Å²) in [7, 11) is 0. The number of aromatic nitrogens is 2. The number of thiophene rings is 1. The first-order valence-corrected chi connectivity index (χ1v) is 9.01. The van der Waals surface area contributed by atoms with Gasteiger partial charge in [0.1, 0.15) is 12.1 Å². The normalized spacial score (nSPS) is 21.4. The molecule has 4 rings (SSSR count). The van der Waals surface area contributed by atoms with Crippen LogP contribution in [0.15, 0.2) is 48.1 Å². The van der Waals surface area contributed by atoms with Gasteiger partial charge in [0.05, 0.1) is 15.8 Å². The van der Waals surface area contributed by atoms with Crippen LogP contribution in [0.5, 0.6) is 0 Å². The first kappa shape index (κ1) is 15.5. The van der Waals surface area contributed by atoms with Gasteiger partial charge in [-0.3, -0.25) is 4.90 Å². The molecule has 0 amide bonds. The number of aliphatic hydroxyl groups is 1. The van der Waals surface area contributed by atoms with Crippen LogP contribution in [0.3, 0.4) is 0 Å². The Hall–Kier alpha value is -2.02. The SMILES string of the molecule is OC1(CNc2ncnc3ccsc23)CCN(Cc2ccccc2)C1. The maximum atomic E-state index is 10.9. The predicted octanol–water partition coefficient (Wildman–Crippen LogP) is 2.74. The molecule has 0 spiro atoms. The van der Waals surface area contributed by atoms with Crippen molar-refractivity contribution in [2.45, 2.75) is 18.6 Å². The summed E-state index contributed by atoms with van der Waals surface area (Å²) in [4.78, 5) is 10.9. The number of nitrogens with one attached hydrogen (secondary N) is 1. The number of likely N-dealkylation sites (tertiary alicyclic amines) is 1. The highest BCUT2D eigenvalue weighted by molar-refractivity contribution is 7.17. The molecule has 6 heteroatoms. The lowest BCUT2D eigenvalue weighted by atomic mass is 10.0. The van der Waals surface area contributed by atoms with Gasteiger partial charge in [-0.2, -0.15) is 0 Å². The Bertz CT molecular complexity index is 822. The van der Waals surface area contributed by atoms with Crippen LogP contribution in [0.1, 0.15) is 12.0 Å². The third-order valence-corrected chi connectivity index (χ3v) is 5.40. The van der Waals surface area contributed by atoms with Crippen LogP contribution in [0.2, 0.25) is 0 Å². The van der Waals surface area contributed by atoms with Gasteiger partial charge in [-0.15, -0.1) is 11.3 Å². The summed E-state index contributed by atoms with van der Waals surface area (Å²) in [6, 6.07) is 12.4. The highest BCUT2D eigenvalue weighted by Crippen LogP contribution is 2.27. The standard InChI is InChI=1S/C18H20N4OS/c23-18(7-8-22(12-18)10-14-4-2-1-3-5-14)11-19-17-16-15(6-9-24-16)20-13-21-17/h1-6,9,13,23H,7-8,10-12H2,(H,19,20,21). The smallest absolute Gasteiger partial charge is 0.147 e. The average molecular weight is 340 g/mol. The van der Waals surface area contributed by atoms with Crippen LogP contribution < -0.4 is 5.32 Å².